The Morgan fingerprint density at radius 2 is 1.82 bits per heavy atom. The van der Waals surface area contributed by atoms with E-state index >= 15 is 0 Å². The number of carboxylic acids is 1. The molecule has 0 aliphatic carbocycles. The van der Waals surface area contributed by atoms with Crippen molar-refractivity contribution in [3.05, 3.63) is 0 Å². The molecule has 0 radical (unpaired) electrons. The van der Waals surface area contributed by atoms with Gasteiger partial charge in [-0.25, -0.2) is 0 Å². The molecule has 1 aliphatic heterocycles. The first-order chi connectivity index (χ1) is 9.91. The summed E-state index contributed by atoms with van der Waals surface area (Å²) in [7, 11) is 2.45. The Hall–Kier alpha value is -1.24. The van der Waals surface area contributed by atoms with Gasteiger partial charge in [-0.15, -0.1) is 0 Å². The van der Waals surface area contributed by atoms with Crippen molar-refractivity contribution in [2.75, 3.05) is 13.5 Å². The third kappa shape index (κ3) is 3.40. The molecule has 7 heteroatoms. The summed E-state index contributed by atoms with van der Waals surface area (Å²) >= 11 is 0. The Morgan fingerprint density at radius 3 is 2.18 bits per heavy atom. The average molecular weight is 312 g/mol. The fourth-order valence-electron chi connectivity index (χ4n) is 3.23. The quantitative estimate of drug-likeness (QED) is 0.780. The standard InChI is InChI=1S/C13H23BN2O4.C2H6/c1-11(2)7-13(5,15(6)8-14-20)9(17)16(11)12(3,4)10(18)19;1-2/h7-8H2,1-6H3,(H,18,19);1-2H3. The van der Waals surface area contributed by atoms with Crippen LogP contribution in [0.2, 0.25) is 0 Å². The van der Waals surface area contributed by atoms with Gasteiger partial charge in [0.2, 0.25) is 0 Å². The molecule has 0 aromatic carbocycles. The van der Waals surface area contributed by atoms with Crippen LogP contribution in [0.5, 0.6) is 0 Å². The molecule has 1 unspecified atom stereocenters. The molecule has 0 aromatic heterocycles. The minimum atomic E-state index is -1.29. The van der Waals surface area contributed by atoms with Crippen LogP contribution >= 0.6 is 0 Å². The molecule has 6 nitrogen and oxygen atoms in total. The van der Waals surface area contributed by atoms with Gasteiger partial charge in [-0.05, 0) is 0 Å². The van der Waals surface area contributed by atoms with E-state index < -0.39 is 22.6 Å². The number of carbonyl (C=O) groups excluding carboxylic acids is 1. The molecule has 0 saturated carbocycles. The summed E-state index contributed by atoms with van der Waals surface area (Å²) in [6, 6.07) is 0. The van der Waals surface area contributed by atoms with Crippen molar-refractivity contribution < 1.29 is 19.4 Å². The number of carbonyl (C=O) groups is 2. The average Bonchev–Trinajstić information content (AvgIpc) is 2.58. The topological polar surface area (TPSA) is 77.9 Å². The second kappa shape index (κ2) is 6.90. The Bertz CT molecular complexity index is 451. The molecule has 1 heterocycles. The Morgan fingerprint density at radius 1 is 1.36 bits per heavy atom. The number of hydrogen-bond donors (Lipinski definition) is 1. The minimum absolute atomic E-state index is 0.139. The van der Waals surface area contributed by atoms with E-state index in [2.05, 4.69) is 0 Å². The fraction of sp³-hybridized carbons (Fsp3) is 0.867. The molecule has 1 N–H and O–H groups in total. The van der Waals surface area contributed by atoms with Gasteiger partial charge >= 0.3 is 119 Å². The first kappa shape index (κ1) is 20.8. The number of carboxylic acid groups (broad SMARTS) is 1. The van der Waals surface area contributed by atoms with Crippen molar-refractivity contribution in [1.29, 1.82) is 0 Å². The van der Waals surface area contributed by atoms with Gasteiger partial charge < -0.3 is 0 Å². The van der Waals surface area contributed by atoms with Gasteiger partial charge in [0.1, 0.15) is 0 Å². The Kier molecular flexibility index (Phi) is 6.51. The molecule has 0 spiro atoms. The fourth-order valence-corrected chi connectivity index (χ4v) is 3.23. The van der Waals surface area contributed by atoms with Crippen molar-refractivity contribution in [2.45, 2.75) is 71.5 Å². The molecular weight excluding hydrogens is 283 g/mol. The number of aliphatic carboxylic acids is 1. The first-order valence-corrected chi connectivity index (χ1v) is 7.64. The number of nitrogens with zero attached hydrogens (tertiary/aromatic N) is 2. The summed E-state index contributed by atoms with van der Waals surface area (Å²) in [5.41, 5.74) is -2.75. The molecule has 1 aliphatic rings. The van der Waals surface area contributed by atoms with Crippen molar-refractivity contribution in [2.24, 2.45) is 0 Å². The first-order valence-electron chi connectivity index (χ1n) is 7.64. The van der Waals surface area contributed by atoms with Crippen molar-refractivity contribution in [3.63, 3.8) is 0 Å². The predicted octanol–water partition coefficient (Wildman–Crippen LogP) is 1.58. The monoisotopic (exact) mass is 312 g/mol. The van der Waals surface area contributed by atoms with Gasteiger partial charge in [0.25, 0.3) is 0 Å². The van der Waals surface area contributed by atoms with E-state index in [0.717, 1.165) is 7.15 Å². The Balaban J connectivity index is 0.00000211. The maximum absolute atomic E-state index is 12.8. The van der Waals surface area contributed by atoms with Crippen LogP contribution in [0.4, 0.5) is 0 Å². The van der Waals surface area contributed by atoms with Gasteiger partial charge in [0.15, 0.2) is 0 Å². The number of likely N-dealkylation sites (tertiary alicyclic amines) is 1. The zero-order valence-corrected chi connectivity index (χ0v) is 15.1. The summed E-state index contributed by atoms with van der Waals surface area (Å²) in [4.78, 5) is 27.4. The second-order valence-corrected chi connectivity index (χ2v) is 6.81. The molecule has 1 fully saturated rings. The maximum atomic E-state index is 12.8. The van der Waals surface area contributed by atoms with E-state index in [0.29, 0.717) is 6.42 Å². The molecule has 1 amide bonds. The molecule has 1 rings (SSSR count). The summed E-state index contributed by atoms with van der Waals surface area (Å²) in [6.45, 7) is 12.5. The van der Waals surface area contributed by atoms with E-state index in [1.54, 1.807) is 18.9 Å². The number of rotatable bonds is 5. The molecule has 0 aromatic rings. The van der Waals surface area contributed by atoms with Crippen molar-refractivity contribution >= 4 is 19.0 Å². The van der Waals surface area contributed by atoms with Crippen LogP contribution in [0.1, 0.15) is 54.9 Å². The predicted molar refractivity (Wildman–Crippen MR) is 86.1 cm³/mol. The SMILES string of the molecule is CC.CN(CB=O)C1(C)CC(C)(C)N(C(C)(C)C(=O)O)C1=O. The van der Waals surface area contributed by atoms with Crippen LogP contribution in [0, 0.1) is 0 Å². The molecule has 22 heavy (non-hydrogen) atoms. The van der Waals surface area contributed by atoms with Crippen LogP contribution in [0.15, 0.2) is 0 Å². The van der Waals surface area contributed by atoms with Crippen LogP contribution in [0.25, 0.3) is 0 Å². The molecule has 0 bridgehead atoms. The van der Waals surface area contributed by atoms with E-state index in [9.17, 15) is 19.4 Å². The van der Waals surface area contributed by atoms with Crippen molar-refractivity contribution in [1.82, 2.24) is 9.80 Å². The second-order valence-electron chi connectivity index (χ2n) is 6.81. The molecular formula is C15H29BN2O4. The van der Waals surface area contributed by atoms with E-state index in [1.165, 1.54) is 18.7 Å². The normalized spacial score (nSPS) is 23.9. The van der Waals surface area contributed by atoms with Crippen LogP contribution in [-0.4, -0.2) is 64.0 Å². The summed E-state index contributed by atoms with van der Waals surface area (Å²) in [6.07, 6.45) is 0.611. The summed E-state index contributed by atoms with van der Waals surface area (Å²) in [5.74, 6) is -1.29. The van der Waals surface area contributed by atoms with Crippen LogP contribution in [-0.2, 0) is 14.3 Å². The molecule has 1 saturated heterocycles. The number of amides is 1. The van der Waals surface area contributed by atoms with E-state index in [4.69, 9.17) is 0 Å². The van der Waals surface area contributed by atoms with E-state index in [-0.39, 0.29) is 12.4 Å². The number of likely N-dealkylation sites (N-methyl/N-ethyl adjacent to an activating group) is 1. The third-order valence-electron chi connectivity index (χ3n) is 4.32. The summed E-state index contributed by atoms with van der Waals surface area (Å²) in [5, 5.41) is 9.40. The van der Waals surface area contributed by atoms with Crippen LogP contribution in [0.3, 0.4) is 0 Å². The van der Waals surface area contributed by atoms with Crippen LogP contribution < -0.4 is 0 Å². The van der Waals surface area contributed by atoms with E-state index in [1.807, 2.05) is 27.7 Å². The third-order valence-corrected chi connectivity index (χ3v) is 4.32. The van der Waals surface area contributed by atoms with Crippen molar-refractivity contribution in [3.8, 4) is 0 Å². The number of hydrogen-bond acceptors (Lipinski definition) is 4. The molecule has 1 atom stereocenters. The van der Waals surface area contributed by atoms with Gasteiger partial charge in [-0.2, -0.15) is 0 Å². The molecule has 126 valence electrons. The van der Waals surface area contributed by atoms with Gasteiger partial charge in [0.05, 0.1) is 0 Å². The van der Waals surface area contributed by atoms with Gasteiger partial charge in [0, 0.05) is 0 Å². The Labute approximate surface area is 134 Å². The zero-order chi connectivity index (χ0) is 17.9. The van der Waals surface area contributed by atoms with Gasteiger partial charge in [-0.3, -0.25) is 0 Å². The zero-order valence-electron chi connectivity index (χ0n) is 15.1. The van der Waals surface area contributed by atoms with Gasteiger partial charge in [-0.1, -0.05) is 13.8 Å². The summed E-state index contributed by atoms with van der Waals surface area (Å²) < 4.78 is 10.7.